The Bertz CT molecular complexity index is 396. The molecule has 17 heavy (non-hydrogen) atoms. The Kier molecular flexibility index (Phi) is 5.44. The quantitative estimate of drug-likeness (QED) is 0.779. The number of carbonyl (C=O) groups is 1. The summed E-state index contributed by atoms with van der Waals surface area (Å²) >= 11 is 3.17. The molecule has 0 spiro atoms. The molecule has 0 aliphatic carbocycles. The number of nitrogens with two attached hydrogens (primary N) is 1. The summed E-state index contributed by atoms with van der Waals surface area (Å²) in [5.41, 5.74) is 6.00. The first-order valence-electron chi connectivity index (χ1n) is 5.58. The highest BCUT2D eigenvalue weighted by molar-refractivity contribution is 9.10. The molecule has 0 aromatic heterocycles. The summed E-state index contributed by atoms with van der Waals surface area (Å²) in [5.74, 6) is -0.158. The van der Waals surface area contributed by atoms with E-state index in [-0.39, 0.29) is 17.7 Å². The predicted octanol–water partition coefficient (Wildman–Crippen LogP) is 2.01. The molecule has 0 radical (unpaired) electrons. The molecule has 1 amide bonds. The molecule has 0 heterocycles. The van der Waals surface area contributed by atoms with Gasteiger partial charge >= 0.3 is 0 Å². The molecule has 1 unspecified atom stereocenters. The maximum absolute atomic E-state index is 11.9. The molecule has 0 fully saturated rings. The normalized spacial score (nSPS) is 12.2. The van der Waals surface area contributed by atoms with Crippen LogP contribution in [0.5, 0.6) is 5.75 Å². The highest BCUT2D eigenvalue weighted by Crippen LogP contribution is 2.24. The first kappa shape index (κ1) is 14.0. The van der Waals surface area contributed by atoms with Crippen molar-refractivity contribution in [1.82, 2.24) is 5.32 Å². The number of rotatable bonds is 5. The average molecular weight is 301 g/mol. The number of hydrogen-bond acceptors (Lipinski definition) is 3. The van der Waals surface area contributed by atoms with E-state index in [2.05, 4.69) is 21.2 Å². The van der Waals surface area contributed by atoms with E-state index in [9.17, 15) is 9.90 Å². The molecular weight excluding hydrogens is 284 g/mol. The van der Waals surface area contributed by atoms with E-state index >= 15 is 0 Å². The fourth-order valence-electron chi connectivity index (χ4n) is 1.52. The molecule has 0 bridgehead atoms. The van der Waals surface area contributed by atoms with E-state index in [1.54, 1.807) is 12.1 Å². The average Bonchev–Trinajstić information content (AvgIpc) is 2.31. The van der Waals surface area contributed by atoms with Crippen molar-refractivity contribution in [2.45, 2.75) is 25.8 Å². The topological polar surface area (TPSA) is 75.3 Å². The SMILES string of the molecule is CCCC(CN)NC(=O)c1ccc(Br)c(O)c1. The van der Waals surface area contributed by atoms with Crippen molar-refractivity contribution >= 4 is 21.8 Å². The maximum atomic E-state index is 11.9. The van der Waals surface area contributed by atoms with E-state index in [4.69, 9.17) is 5.73 Å². The molecule has 0 saturated carbocycles. The monoisotopic (exact) mass is 300 g/mol. The van der Waals surface area contributed by atoms with Gasteiger partial charge in [0.2, 0.25) is 0 Å². The summed E-state index contributed by atoms with van der Waals surface area (Å²) in [6, 6.07) is 4.71. The van der Waals surface area contributed by atoms with E-state index in [1.807, 2.05) is 6.92 Å². The zero-order valence-corrected chi connectivity index (χ0v) is 11.3. The summed E-state index contributed by atoms with van der Waals surface area (Å²) in [6.07, 6.45) is 1.82. The number of aromatic hydroxyl groups is 1. The molecule has 4 N–H and O–H groups in total. The van der Waals surface area contributed by atoms with Crippen LogP contribution >= 0.6 is 15.9 Å². The van der Waals surface area contributed by atoms with Gasteiger partial charge in [0.05, 0.1) is 4.47 Å². The summed E-state index contributed by atoms with van der Waals surface area (Å²) < 4.78 is 0.568. The lowest BCUT2D eigenvalue weighted by molar-refractivity contribution is 0.0935. The van der Waals surface area contributed by atoms with Crippen LogP contribution in [0.3, 0.4) is 0 Å². The summed E-state index contributed by atoms with van der Waals surface area (Å²) in [6.45, 7) is 2.46. The van der Waals surface area contributed by atoms with Crippen LogP contribution in [0, 0.1) is 0 Å². The van der Waals surface area contributed by atoms with E-state index in [1.165, 1.54) is 6.07 Å². The zero-order valence-electron chi connectivity index (χ0n) is 9.74. The number of phenols is 1. The minimum Gasteiger partial charge on any atom is -0.507 e. The van der Waals surface area contributed by atoms with Gasteiger partial charge in [-0.1, -0.05) is 13.3 Å². The third-order valence-corrected chi connectivity index (χ3v) is 3.14. The summed E-state index contributed by atoms with van der Waals surface area (Å²) in [7, 11) is 0. The summed E-state index contributed by atoms with van der Waals surface area (Å²) in [4.78, 5) is 11.9. The third kappa shape index (κ3) is 4.02. The molecule has 0 saturated heterocycles. The lowest BCUT2D eigenvalue weighted by Crippen LogP contribution is -2.40. The molecular formula is C12H17BrN2O2. The lowest BCUT2D eigenvalue weighted by atomic mass is 10.1. The Morgan fingerprint density at radius 1 is 1.59 bits per heavy atom. The van der Waals surface area contributed by atoms with Crippen LogP contribution in [0.25, 0.3) is 0 Å². The van der Waals surface area contributed by atoms with Crippen molar-refractivity contribution in [1.29, 1.82) is 0 Å². The van der Waals surface area contributed by atoms with E-state index < -0.39 is 0 Å². The van der Waals surface area contributed by atoms with Crippen molar-refractivity contribution in [2.24, 2.45) is 5.73 Å². The maximum Gasteiger partial charge on any atom is 0.251 e. The standard InChI is InChI=1S/C12H17BrN2O2/c1-2-3-9(7-14)15-12(17)8-4-5-10(13)11(16)6-8/h4-6,9,16H,2-3,7,14H2,1H3,(H,15,17). The minimum absolute atomic E-state index is 0.0155. The van der Waals surface area contributed by atoms with Gasteiger partial charge in [-0.2, -0.15) is 0 Å². The van der Waals surface area contributed by atoms with Crippen LogP contribution in [-0.4, -0.2) is 23.6 Å². The van der Waals surface area contributed by atoms with Crippen LogP contribution in [0.4, 0.5) is 0 Å². The number of halogens is 1. The van der Waals surface area contributed by atoms with Crippen LogP contribution in [0.15, 0.2) is 22.7 Å². The van der Waals surface area contributed by atoms with Crippen LogP contribution in [0.1, 0.15) is 30.1 Å². The second-order valence-corrected chi connectivity index (χ2v) is 4.72. The Balaban J connectivity index is 2.72. The Labute approximate surface area is 109 Å². The van der Waals surface area contributed by atoms with Gasteiger partial charge in [0.15, 0.2) is 0 Å². The molecule has 0 aliphatic rings. The van der Waals surface area contributed by atoms with Gasteiger partial charge in [-0.3, -0.25) is 4.79 Å². The fourth-order valence-corrected chi connectivity index (χ4v) is 1.77. The van der Waals surface area contributed by atoms with Gasteiger partial charge in [0, 0.05) is 18.2 Å². The predicted molar refractivity (Wildman–Crippen MR) is 71.0 cm³/mol. The van der Waals surface area contributed by atoms with Gasteiger partial charge in [-0.25, -0.2) is 0 Å². The van der Waals surface area contributed by atoms with Crippen LogP contribution < -0.4 is 11.1 Å². The smallest absolute Gasteiger partial charge is 0.251 e. The highest BCUT2D eigenvalue weighted by Gasteiger charge is 2.12. The van der Waals surface area contributed by atoms with Gasteiger partial charge in [-0.15, -0.1) is 0 Å². The Morgan fingerprint density at radius 2 is 2.29 bits per heavy atom. The minimum atomic E-state index is -0.211. The second-order valence-electron chi connectivity index (χ2n) is 3.86. The van der Waals surface area contributed by atoms with Gasteiger partial charge < -0.3 is 16.2 Å². The molecule has 1 atom stereocenters. The molecule has 1 aromatic rings. The van der Waals surface area contributed by atoms with Crippen molar-refractivity contribution in [2.75, 3.05) is 6.54 Å². The van der Waals surface area contributed by atoms with Crippen molar-refractivity contribution in [3.8, 4) is 5.75 Å². The Morgan fingerprint density at radius 3 is 2.82 bits per heavy atom. The number of nitrogens with one attached hydrogen (secondary N) is 1. The first-order chi connectivity index (χ1) is 8.08. The van der Waals surface area contributed by atoms with Gasteiger partial charge in [0.25, 0.3) is 5.91 Å². The lowest BCUT2D eigenvalue weighted by Gasteiger charge is -2.16. The molecule has 94 valence electrons. The highest BCUT2D eigenvalue weighted by atomic mass is 79.9. The van der Waals surface area contributed by atoms with Crippen LogP contribution in [0.2, 0.25) is 0 Å². The molecule has 1 rings (SSSR count). The molecule has 5 heteroatoms. The molecule has 4 nitrogen and oxygen atoms in total. The van der Waals surface area contributed by atoms with Crippen molar-refractivity contribution in [3.05, 3.63) is 28.2 Å². The number of benzene rings is 1. The van der Waals surface area contributed by atoms with Crippen molar-refractivity contribution < 1.29 is 9.90 Å². The zero-order chi connectivity index (χ0) is 12.8. The van der Waals surface area contributed by atoms with Gasteiger partial charge in [-0.05, 0) is 40.5 Å². The van der Waals surface area contributed by atoms with Crippen LogP contribution in [-0.2, 0) is 0 Å². The number of amides is 1. The third-order valence-electron chi connectivity index (χ3n) is 2.47. The van der Waals surface area contributed by atoms with E-state index in [0.29, 0.717) is 16.6 Å². The number of carbonyl (C=O) groups excluding carboxylic acids is 1. The number of phenolic OH excluding ortho intramolecular Hbond substituents is 1. The van der Waals surface area contributed by atoms with E-state index in [0.717, 1.165) is 12.8 Å². The first-order valence-corrected chi connectivity index (χ1v) is 6.37. The largest absolute Gasteiger partial charge is 0.507 e. The fraction of sp³-hybridized carbons (Fsp3) is 0.417. The van der Waals surface area contributed by atoms with Crippen molar-refractivity contribution in [3.63, 3.8) is 0 Å². The molecule has 0 aliphatic heterocycles. The Hall–Kier alpha value is -1.07. The summed E-state index contributed by atoms with van der Waals surface area (Å²) in [5, 5.41) is 12.3. The number of hydrogen-bond donors (Lipinski definition) is 3. The molecule has 1 aromatic carbocycles. The van der Waals surface area contributed by atoms with Gasteiger partial charge in [0.1, 0.15) is 5.75 Å². The second kappa shape index (κ2) is 6.61.